The molecule has 6 heteroatoms. The lowest BCUT2D eigenvalue weighted by Gasteiger charge is -2.34. The van der Waals surface area contributed by atoms with Crippen LogP contribution in [0.25, 0.3) is 0 Å². The zero-order valence-electron chi connectivity index (χ0n) is 11.5. The lowest BCUT2D eigenvalue weighted by atomic mass is 9.79. The van der Waals surface area contributed by atoms with E-state index in [1.807, 2.05) is 0 Å². The maximum atomic E-state index is 12.3. The quantitative estimate of drug-likeness (QED) is 0.803. The van der Waals surface area contributed by atoms with E-state index < -0.39 is 10.2 Å². The topological polar surface area (TPSA) is 61.4 Å². The average Bonchev–Trinajstić information content (AvgIpc) is 2.87. The van der Waals surface area contributed by atoms with Gasteiger partial charge in [0.2, 0.25) is 0 Å². The van der Waals surface area contributed by atoms with Crippen LogP contribution >= 0.6 is 0 Å². The lowest BCUT2D eigenvalue weighted by molar-refractivity contribution is 0.254. The van der Waals surface area contributed by atoms with Gasteiger partial charge in [-0.25, -0.2) is 0 Å². The van der Waals surface area contributed by atoms with Crippen molar-refractivity contribution < 1.29 is 8.42 Å². The van der Waals surface area contributed by atoms with E-state index in [1.54, 1.807) is 4.31 Å². The van der Waals surface area contributed by atoms with Crippen LogP contribution in [0.1, 0.15) is 38.5 Å². The second kappa shape index (κ2) is 5.68. The Balaban J connectivity index is 1.58. The van der Waals surface area contributed by atoms with Gasteiger partial charge in [-0.3, -0.25) is 0 Å². The minimum atomic E-state index is -3.25. The second-order valence-corrected chi connectivity index (χ2v) is 7.97. The number of fused-ring (bicyclic) bond motifs is 1. The molecule has 0 aromatic heterocycles. The summed E-state index contributed by atoms with van der Waals surface area (Å²) < 4.78 is 29.3. The molecule has 2 aliphatic heterocycles. The van der Waals surface area contributed by atoms with Crippen molar-refractivity contribution in [2.24, 2.45) is 11.8 Å². The Kier molecular flexibility index (Phi) is 4.12. The number of rotatable bonds is 3. The van der Waals surface area contributed by atoms with Crippen LogP contribution in [0.15, 0.2) is 0 Å². The molecule has 5 nitrogen and oxygen atoms in total. The van der Waals surface area contributed by atoms with Crippen molar-refractivity contribution in [1.29, 1.82) is 0 Å². The summed E-state index contributed by atoms with van der Waals surface area (Å²) in [6.45, 7) is 3.56. The van der Waals surface area contributed by atoms with Crippen LogP contribution in [-0.4, -0.2) is 44.9 Å². The van der Waals surface area contributed by atoms with Crippen molar-refractivity contribution in [3.05, 3.63) is 0 Å². The summed E-state index contributed by atoms with van der Waals surface area (Å²) in [7, 11) is -3.25. The van der Waals surface area contributed by atoms with Gasteiger partial charge in [-0.1, -0.05) is 6.42 Å². The maximum Gasteiger partial charge on any atom is 0.279 e. The standard InChI is InChI=1S/C13H25N3O2S/c17-19(18,16-6-2-1-3-7-16)15-13-5-4-11-9-14-10-12(11)8-13/h11-15H,1-10H2/t11-,12+,13?/m0/s1. The first kappa shape index (κ1) is 13.8. The molecule has 0 radical (unpaired) electrons. The number of hydrogen-bond donors (Lipinski definition) is 2. The van der Waals surface area contributed by atoms with Crippen LogP contribution in [0.2, 0.25) is 0 Å². The Bertz CT molecular complexity index is 406. The SMILES string of the molecule is O=S(=O)(NC1CC[C@H]2CNC[C@H]2C1)N1CCCCC1. The molecular weight excluding hydrogens is 262 g/mol. The van der Waals surface area contributed by atoms with Crippen LogP contribution in [0.5, 0.6) is 0 Å². The van der Waals surface area contributed by atoms with Crippen LogP contribution in [0, 0.1) is 11.8 Å². The van der Waals surface area contributed by atoms with E-state index in [9.17, 15) is 8.42 Å². The van der Waals surface area contributed by atoms with Gasteiger partial charge in [-0.05, 0) is 57.0 Å². The third-order valence-corrected chi connectivity index (χ3v) is 6.60. The van der Waals surface area contributed by atoms with Gasteiger partial charge in [0, 0.05) is 19.1 Å². The van der Waals surface area contributed by atoms with Crippen molar-refractivity contribution in [2.45, 2.75) is 44.6 Å². The molecule has 3 aliphatic rings. The molecule has 1 saturated carbocycles. The van der Waals surface area contributed by atoms with Gasteiger partial charge in [-0.2, -0.15) is 17.4 Å². The summed E-state index contributed by atoms with van der Waals surface area (Å²) in [6.07, 6.45) is 6.32. The Hall–Kier alpha value is -0.170. The first-order chi connectivity index (χ1) is 9.15. The highest BCUT2D eigenvalue weighted by molar-refractivity contribution is 7.87. The van der Waals surface area contributed by atoms with Gasteiger partial charge in [0.25, 0.3) is 10.2 Å². The highest BCUT2D eigenvalue weighted by Gasteiger charge is 2.36. The van der Waals surface area contributed by atoms with Gasteiger partial charge >= 0.3 is 0 Å². The van der Waals surface area contributed by atoms with E-state index in [0.29, 0.717) is 19.0 Å². The number of nitrogens with one attached hydrogen (secondary N) is 2. The Labute approximate surface area is 116 Å². The van der Waals surface area contributed by atoms with Crippen LogP contribution in [-0.2, 0) is 10.2 Å². The first-order valence-corrected chi connectivity index (χ1v) is 9.07. The molecule has 3 rings (SSSR count). The molecule has 0 bridgehead atoms. The molecule has 2 N–H and O–H groups in total. The van der Waals surface area contributed by atoms with Crippen molar-refractivity contribution in [1.82, 2.24) is 14.3 Å². The van der Waals surface area contributed by atoms with E-state index in [2.05, 4.69) is 10.0 Å². The zero-order chi connectivity index (χ0) is 13.3. The fourth-order valence-corrected chi connectivity index (χ4v) is 5.32. The lowest BCUT2D eigenvalue weighted by Crippen LogP contribution is -2.49. The minimum Gasteiger partial charge on any atom is -0.316 e. The van der Waals surface area contributed by atoms with Crippen molar-refractivity contribution >= 4 is 10.2 Å². The number of hydrogen-bond acceptors (Lipinski definition) is 3. The maximum absolute atomic E-state index is 12.3. The molecule has 0 aromatic carbocycles. The molecule has 2 saturated heterocycles. The Morgan fingerprint density at radius 3 is 2.53 bits per heavy atom. The van der Waals surface area contributed by atoms with E-state index in [-0.39, 0.29) is 6.04 Å². The van der Waals surface area contributed by atoms with E-state index in [1.165, 1.54) is 0 Å². The van der Waals surface area contributed by atoms with Gasteiger partial charge in [-0.15, -0.1) is 0 Å². The molecule has 2 heterocycles. The van der Waals surface area contributed by atoms with Crippen molar-refractivity contribution in [2.75, 3.05) is 26.2 Å². The summed E-state index contributed by atoms with van der Waals surface area (Å²) >= 11 is 0. The second-order valence-electron chi connectivity index (χ2n) is 6.27. The van der Waals surface area contributed by atoms with E-state index in [4.69, 9.17) is 0 Å². The molecule has 19 heavy (non-hydrogen) atoms. The summed E-state index contributed by atoms with van der Waals surface area (Å²) in [5, 5.41) is 3.42. The first-order valence-electron chi connectivity index (χ1n) is 7.63. The molecule has 0 amide bonds. The van der Waals surface area contributed by atoms with E-state index >= 15 is 0 Å². The molecule has 0 spiro atoms. The summed E-state index contributed by atoms with van der Waals surface area (Å²) in [6, 6.07) is 0.146. The third kappa shape index (κ3) is 3.12. The van der Waals surface area contributed by atoms with E-state index in [0.717, 1.165) is 57.5 Å². The average molecular weight is 287 g/mol. The minimum absolute atomic E-state index is 0.146. The van der Waals surface area contributed by atoms with Crippen molar-refractivity contribution in [3.8, 4) is 0 Å². The molecule has 1 unspecified atom stereocenters. The summed E-state index contributed by atoms with van der Waals surface area (Å²) in [5.74, 6) is 1.44. The van der Waals surface area contributed by atoms with Gasteiger partial charge in [0.1, 0.15) is 0 Å². The fraction of sp³-hybridized carbons (Fsp3) is 1.00. The van der Waals surface area contributed by atoms with Crippen molar-refractivity contribution in [3.63, 3.8) is 0 Å². The molecule has 3 fully saturated rings. The number of nitrogens with zero attached hydrogens (tertiary/aromatic N) is 1. The number of piperidine rings is 1. The van der Waals surface area contributed by atoms with Crippen LogP contribution < -0.4 is 10.0 Å². The van der Waals surface area contributed by atoms with Gasteiger partial charge in [0.15, 0.2) is 0 Å². The molecule has 0 aromatic rings. The van der Waals surface area contributed by atoms with Crippen LogP contribution in [0.4, 0.5) is 0 Å². The highest BCUT2D eigenvalue weighted by Crippen LogP contribution is 2.33. The normalized spacial score (nSPS) is 37.2. The summed E-state index contributed by atoms with van der Waals surface area (Å²) in [5.41, 5.74) is 0. The monoisotopic (exact) mass is 287 g/mol. The zero-order valence-corrected chi connectivity index (χ0v) is 12.3. The molecule has 110 valence electrons. The molecular formula is C13H25N3O2S. The largest absolute Gasteiger partial charge is 0.316 e. The van der Waals surface area contributed by atoms with Crippen LogP contribution in [0.3, 0.4) is 0 Å². The molecule has 3 atom stereocenters. The Morgan fingerprint density at radius 1 is 1.00 bits per heavy atom. The fourth-order valence-electron chi connectivity index (χ4n) is 3.80. The summed E-state index contributed by atoms with van der Waals surface area (Å²) in [4.78, 5) is 0. The Morgan fingerprint density at radius 2 is 1.74 bits per heavy atom. The third-order valence-electron chi connectivity index (χ3n) is 4.92. The predicted molar refractivity (Wildman–Crippen MR) is 75.0 cm³/mol. The predicted octanol–water partition coefficient (Wildman–Crippen LogP) is 0.695. The highest BCUT2D eigenvalue weighted by atomic mass is 32.2. The van der Waals surface area contributed by atoms with Gasteiger partial charge < -0.3 is 5.32 Å². The van der Waals surface area contributed by atoms with Gasteiger partial charge in [0.05, 0.1) is 0 Å². The smallest absolute Gasteiger partial charge is 0.279 e. The molecule has 1 aliphatic carbocycles.